The number of rotatable bonds is 5. The smallest absolute Gasteiger partial charge is 0.341 e. The molecule has 0 saturated heterocycles. The zero-order chi connectivity index (χ0) is 10.4. The van der Waals surface area contributed by atoms with Gasteiger partial charge in [0.05, 0.1) is 6.61 Å². The molecule has 0 radical (unpaired) electrons. The summed E-state index contributed by atoms with van der Waals surface area (Å²) < 4.78 is 0. The number of carbonyl (C=O) groups excluding carboxylic acids is 1. The van der Waals surface area contributed by atoms with Crippen LogP contribution in [0.4, 0.5) is 0 Å². The molecule has 76 valence electrons. The Morgan fingerprint density at radius 1 is 1.62 bits per heavy atom. The fourth-order valence-electron chi connectivity index (χ4n) is 0.388. The second kappa shape index (κ2) is 5.46. The van der Waals surface area contributed by atoms with Gasteiger partial charge in [-0.2, -0.15) is 0 Å². The van der Waals surface area contributed by atoms with Gasteiger partial charge >= 0.3 is 11.9 Å². The summed E-state index contributed by atoms with van der Waals surface area (Å²) in [5, 5.41) is 16.9. The maximum absolute atomic E-state index is 10.7. The summed E-state index contributed by atoms with van der Waals surface area (Å²) in [6.07, 6.45) is 0. The highest BCUT2D eigenvalue weighted by Crippen LogP contribution is 1.85. The Labute approximate surface area is 74.4 Å². The average Bonchev–Trinajstić information content (AvgIpc) is 2.04. The Hall–Kier alpha value is -1.18. The molecule has 0 aromatic heterocycles. The summed E-state index contributed by atoms with van der Waals surface area (Å²) in [5.74, 6) is -2.11. The minimum Gasteiger partial charge on any atom is -0.480 e. The highest BCUT2D eigenvalue weighted by molar-refractivity contribution is 5.76. The number of aliphatic carboxylic acids is 1. The molecule has 5 N–H and O–H groups in total. The molecule has 0 saturated carbocycles. The van der Waals surface area contributed by atoms with E-state index in [0.717, 1.165) is 0 Å². The molecule has 0 fully saturated rings. The molecular formula is C6H12N2O5. The first-order valence-corrected chi connectivity index (χ1v) is 3.54. The number of carboxylic acids is 1. The minimum absolute atomic E-state index is 0.679. The van der Waals surface area contributed by atoms with Gasteiger partial charge in [-0.3, -0.25) is 4.79 Å². The first kappa shape index (κ1) is 11.8. The molecule has 13 heavy (non-hydrogen) atoms. The molecule has 7 heteroatoms. The van der Waals surface area contributed by atoms with Gasteiger partial charge in [0.15, 0.2) is 6.04 Å². The van der Waals surface area contributed by atoms with Crippen LogP contribution >= 0.6 is 0 Å². The summed E-state index contributed by atoms with van der Waals surface area (Å²) >= 11 is 0. The van der Waals surface area contributed by atoms with E-state index in [0.29, 0.717) is 0 Å². The Morgan fingerprint density at radius 2 is 2.15 bits per heavy atom. The fraction of sp³-hybridized carbons (Fsp3) is 0.667. The van der Waals surface area contributed by atoms with Crippen LogP contribution in [-0.4, -0.2) is 40.8 Å². The lowest BCUT2D eigenvalue weighted by Gasteiger charge is -2.12. The number of carboxylic acid groups (broad SMARTS) is 1. The quantitative estimate of drug-likeness (QED) is 0.365. The SMILES string of the molecule is C[C@@H](N)C(=O)ON[C@H](CO)C(=O)O. The number of nitrogens with one attached hydrogen (secondary N) is 1. The van der Waals surface area contributed by atoms with Crippen molar-refractivity contribution in [2.45, 2.75) is 19.0 Å². The van der Waals surface area contributed by atoms with E-state index < -0.39 is 30.6 Å². The maximum atomic E-state index is 10.7. The van der Waals surface area contributed by atoms with Crippen molar-refractivity contribution < 1.29 is 24.6 Å². The van der Waals surface area contributed by atoms with Gasteiger partial charge in [-0.15, -0.1) is 5.48 Å². The van der Waals surface area contributed by atoms with Crippen molar-refractivity contribution in [3.05, 3.63) is 0 Å². The van der Waals surface area contributed by atoms with Crippen LogP contribution in [0.5, 0.6) is 0 Å². The van der Waals surface area contributed by atoms with Crippen LogP contribution in [0.1, 0.15) is 6.92 Å². The first-order chi connectivity index (χ1) is 5.99. The molecule has 0 unspecified atom stereocenters. The van der Waals surface area contributed by atoms with Gasteiger partial charge in [-0.05, 0) is 6.92 Å². The zero-order valence-electron chi connectivity index (χ0n) is 7.06. The third kappa shape index (κ3) is 4.41. The van der Waals surface area contributed by atoms with Crippen LogP contribution in [0.25, 0.3) is 0 Å². The molecule has 0 rings (SSSR count). The van der Waals surface area contributed by atoms with Crippen molar-refractivity contribution in [2.75, 3.05) is 6.61 Å². The van der Waals surface area contributed by atoms with Crippen LogP contribution in [0, 0.1) is 0 Å². The van der Waals surface area contributed by atoms with E-state index in [1.165, 1.54) is 6.92 Å². The van der Waals surface area contributed by atoms with Gasteiger partial charge in [0, 0.05) is 0 Å². The Balaban J connectivity index is 3.85. The van der Waals surface area contributed by atoms with Crippen LogP contribution in [-0.2, 0) is 14.4 Å². The van der Waals surface area contributed by atoms with Crippen molar-refractivity contribution in [3.63, 3.8) is 0 Å². The molecule has 0 aliphatic carbocycles. The third-order valence-electron chi connectivity index (χ3n) is 1.15. The van der Waals surface area contributed by atoms with Crippen LogP contribution in [0.3, 0.4) is 0 Å². The maximum Gasteiger partial charge on any atom is 0.341 e. The monoisotopic (exact) mass is 192 g/mol. The molecule has 0 aliphatic rings. The lowest BCUT2D eigenvalue weighted by molar-refractivity contribution is -0.160. The average molecular weight is 192 g/mol. The van der Waals surface area contributed by atoms with Gasteiger partial charge < -0.3 is 20.8 Å². The summed E-state index contributed by atoms with van der Waals surface area (Å²) in [5.41, 5.74) is 6.99. The van der Waals surface area contributed by atoms with Crippen molar-refractivity contribution in [1.29, 1.82) is 0 Å². The first-order valence-electron chi connectivity index (χ1n) is 3.54. The number of hydroxylamine groups is 1. The molecule has 0 spiro atoms. The number of carbonyl (C=O) groups is 2. The van der Waals surface area contributed by atoms with Crippen LogP contribution in [0.2, 0.25) is 0 Å². The van der Waals surface area contributed by atoms with Gasteiger partial charge in [-0.25, -0.2) is 4.79 Å². The molecule has 0 aliphatic heterocycles. The second-order valence-electron chi connectivity index (χ2n) is 2.40. The van der Waals surface area contributed by atoms with Crippen molar-refractivity contribution in [2.24, 2.45) is 5.73 Å². The van der Waals surface area contributed by atoms with E-state index in [-0.39, 0.29) is 0 Å². The summed E-state index contributed by atoms with van der Waals surface area (Å²) in [6, 6.07) is -2.18. The van der Waals surface area contributed by atoms with Gasteiger partial charge in [-0.1, -0.05) is 0 Å². The largest absolute Gasteiger partial charge is 0.480 e. The van der Waals surface area contributed by atoms with E-state index >= 15 is 0 Å². The Kier molecular flexibility index (Phi) is 4.97. The van der Waals surface area contributed by atoms with Crippen molar-refractivity contribution in [3.8, 4) is 0 Å². The summed E-state index contributed by atoms with van der Waals surface area (Å²) in [6.45, 7) is 0.709. The highest BCUT2D eigenvalue weighted by atomic mass is 16.7. The topological polar surface area (TPSA) is 122 Å². The lowest BCUT2D eigenvalue weighted by atomic mass is 10.3. The zero-order valence-corrected chi connectivity index (χ0v) is 7.06. The van der Waals surface area contributed by atoms with E-state index in [1.54, 1.807) is 0 Å². The summed E-state index contributed by atoms with van der Waals surface area (Å²) in [7, 11) is 0. The van der Waals surface area contributed by atoms with Crippen LogP contribution < -0.4 is 11.2 Å². The number of hydrogen-bond acceptors (Lipinski definition) is 6. The van der Waals surface area contributed by atoms with Gasteiger partial charge in [0.1, 0.15) is 6.04 Å². The van der Waals surface area contributed by atoms with E-state index in [4.69, 9.17) is 15.9 Å². The number of nitrogens with two attached hydrogens (primary N) is 1. The predicted molar refractivity (Wildman–Crippen MR) is 41.4 cm³/mol. The van der Waals surface area contributed by atoms with Crippen molar-refractivity contribution in [1.82, 2.24) is 5.48 Å². The summed E-state index contributed by atoms with van der Waals surface area (Å²) in [4.78, 5) is 25.2. The molecular weight excluding hydrogens is 180 g/mol. The standard InChI is InChI=1S/C6H12N2O5/c1-3(7)6(12)13-8-4(2-9)5(10)11/h3-4,8-9H,2,7H2,1H3,(H,10,11)/t3-,4-/m1/s1. The van der Waals surface area contributed by atoms with E-state index in [2.05, 4.69) is 4.84 Å². The third-order valence-corrected chi connectivity index (χ3v) is 1.15. The molecule has 7 nitrogen and oxygen atoms in total. The highest BCUT2D eigenvalue weighted by Gasteiger charge is 2.18. The molecule has 0 bridgehead atoms. The molecule has 0 aromatic carbocycles. The van der Waals surface area contributed by atoms with E-state index in [9.17, 15) is 9.59 Å². The van der Waals surface area contributed by atoms with Gasteiger partial charge in [0.25, 0.3) is 0 Å². The molecule has 2 atom stereocenters. The number of aliphatic hydroxyl groups excluding tert-OH is 1. The Bertz CT molecular complexity index is 193. The van der Waals surface area contributed by atoms with Gasteiger partial charge in [0.2, 0.25) is 0 Å². The predicted octanol–water partition coefficient (Wildman–Crippen LogP) is -2.17. The van der Waals surface area contributed by atoms with Crippen molar-refractivity contribution >= 4 is 11.9 Å². The lowest BCUT2D eigenvalue weighted by Crippen LogP contribution is -2.43. The normalized spacial score (nSPS) is 14.7. The van der Waals surface area contributed by atoms with Crippen LogP contribution in [0.15, 0.2) is 0 Å². The Morgan fingerprint density at radius 3 is 2.46 bits per heavy atom. The molecule has 0 amide bonds. The molecule has 0 heterocycles. The van der Waals surface area contributed by atoms with E-state index in [1.807, 2.05) is 5.48 Å². The minimum atomic E-state index is -1.33. The molecule has 0 aromatic rings. The fourth-order valence-corrected chi connectivity index (χ4v) is 0.388. The number of aliphatic hydroxyl groups is 1. The second-order valence-corrected chi connectivity index (χ2v) is 2.40. The number of hydrogen-bond donors (Lipinski definition) is 4.